The number of fused-ring (bicyclic) bond motifs is 1. The van der Waals surface area contributed by atoms with Gasteiger partial charge < -0.3 is 10.2 Å². The molecular formula is C21H18F2N6O2. The molecule has 1 unspecified atom stereocenters. The zero-order valence-corrected chi connectivity index (χ0v) is 16.5. The molecule has 0 spiro atoms. The minimum atomic E-state index is -3.11. The molecule has 8 nitrogen and oxygen atoms in total. The SMILES string of the molecule is Cn1ncc2c(-c3cnccc3C(=O)NCC(=O)N3CC(F)(F)CC3C#N)cccc21. The lowest BCUT2D eigenvalue weighted by Crippen LogP contribution is -2.43. The van der Waals surface area contributed by atoms with E-state index in [1.807, 2.05) is 25.2 Å². The van der Waals surface area contributed by atoms with Gasteiger partial charge in [-0.2, -0.15) is 10.4 Å². The van der Waals surface area contributed by atoms with Crippen molar-refractivity contribution < 1.29 is 18.4 Å². The first-order valence-electron chi connectivity index (χ1n) is 9.51. The number of rotatable bonds is 4. The lowest BCUT2D eigenvalue weighted by molar-refractivity contribution is -0.131. The molecule has 1 fully saturated rings. The molecule has 1 saturated heterocycles. The van der Waals surface area contributed by atoms with E-state index in [1.54, 1.807) is 23.1 Å². The van der Waals surface area contributed by atoms with Crippen LogP contribution in [0.1, 0.15) is 16.8 Å². The van der Waals surface area contributed by atoms with Gasteiger partial charge in [-0.15, -0.1) is 0 Å². The number of halogens is 2. The predicted octanol–water partition coefficient (Wildman–Crippen LogP) is 2.12. The number of alkyl halides is 2. The Morgan fingerprint density at radius 1 is 1.29 bits per heavy atom. The van der Waals surface area contributed by atoms with Crippen LogP contribution in [0, 0.1) is 11.3 Å². The summed E-state index contributed by atoms with van der Waals surface area (Å²) in [6.07, 6.45) is 3.99. The molecule has 4 rings (SSSR count). The van der Waals surface area contributed by atoms with Crippen LogP contribution < -0.4 is 5.32 Å². The Hall–Kier alpha value is -3.87. The summed E-state index contributed by atoms with van der Waals surface area (Å²) < 4.78 is 28.9. The highest BCUT2D eigenvalue weighted by Crippen LogP contribution is 2.32. The Labute approximate surface area is 176 Å². The number of nitriles is 1. The van der Waals surface area contributed by atoms with Gasteiger partial charge in [0.25, 0.3) is 11.8 Å². The van der Waals surface area contributed by atoms with Crippen LogP contribution in [0.25, 0.3) is 22.0 Å². The third kappa shape index (κ3) is 3.82. The molecule has 0 radical (unpaired) electrons. The number of amides is 2. The van der Waals surface area contributed by atoms with Crippen molar-refractivity contribution >= 4 is 22.7 Å². The predicted molar refractivity (Wildman–Crippen MR) is 107 cm³/mol. The van der Waals surface area contributed by atoms with Gasteiger partial charge in [-0.25, -0.2) is 8.78 Å². The Kier molecular flexibility index (Phi) is 5.10. The van der Waals surface area contributed by atoms with Gasteiger partial charge in [-0.05, 0) is 17.7 Å². The van der Waals surface area contributed by atoms with Gasteiger partial charge in [0.1, 0.15) is 6.04 Å². The van der Waals surface area contributed by atoms with E-state index < -0.39 is 43.3 Å². The fourth-order valence-electron chi connectivity index (χ4n) is 3.77. The van der Waals surface area contributed by atoms with Crippen LogP contribution in [0.15, 0.2) is 42.9 Å². The molecule has 3 aromatic rings. The zero-order valence-electron chi connectivity index (χ0n) is 16.5. The number of carbonyl (C=O) groups is 2. The van der Waals surface area contributed by atoms with Crippen LogP contribution in [-0.2, 0) is 11.8 Å². The second-order valence-electron chi connectivity index (χ2n) is 7.34. The standard InChI is InChI=1S/C21H18F2N6O2/c1-28-18-4-2-3-14(17(18)10-27-28)16-9-25-6-5-15(16)20(31)26-11-19(30)29-12-21(22,23)7-13(29)8-24/h2-6,9-10,13H,7,11-12H2,1H3,(H,26,31). The topological polar surface area (TPSA) is 104 Å². The molecule has 1 aliphatic heterocycles. The number of nitrogens with one attached hydrogen (secondary N) is 1. The summed E-state index contributed by atoms with van der Waals surface area (Å²) in [5, 5.41) is 16.6. The van der Waals surface area contributed by atoms with Crippen molar-refractivity contribution in [1.82, 2.24) is 25.0 Å². The quantitative estimate of drug-likeness (QED) is 0.691. The second kappa shape index (κ2) is 7.75. The number of aromatic nitrogens is 3. The van der Waals surface area contributed by atoms with E-state index >= 15 is 0 Å². The highest BCUT2D eigenvalue weighted by Gasteiger charge is 2.47. The Morgan fingerprint density at radius 2 is 2.10 bits per heavy atom. The summed E-state index contributed by atoms with van der Waals surface area (Å²) in [7, 11) is 1.81. The number of likely N-dealkylation sites (tertiary alicyclic amines) is 1. The summed E-state index contributed by atoms with van der Waals surface area (Å²) in [6.45, 7) is -1.32. The average molecular weight is 424 g/mol. The summed E-state index contributed by atoms with van der Waals surface area (Å²) in [5.41, 5.74) is 2.45. The molecule has 31 heavy (non-hydrogen) atoms. The molecule has 2 aromatic heterocycles. The van der Waals surface area contributed by atoms with Gasteiger partial charge >= 0.3 is 0 Å². The van der Waals surface area contributed by atoms with E-state index in [2.05, 4.69) is 15.4 Å². The van der Waals surface area contributed by atoms with Crippen molar-refractivity contribution in [2.45, 2.75) is 18.4 Å². The Balaban J connectivity index is 1.56. The number of benzene rings is 1. The Morgan fingerprint density at radius 3 is 2.87 bits per heavy atom. The monoisotopic (exact) mass is 424 g/mol. The highest BCUT2D eigenvalue weighted by molar-refractivity contribution is 6.05. The molecule has 2 amide bonds. The molecule has 1 atom stereocenters. The summed E-state index contributed by atoms with van der Waals surface area (Å²) in [5.74, 6) is -4.39. The van der Waals surface area contributed by atoms with Crippen molar-refractivity contribution in [3.05, 3.63) is 48.4 Å². The molecule has 0 aliphatic carbocycles. The minimum Gasteiger partial charge on any atom is -0.343 e. The van der Waals surface area contributed by atoms with Gasteiger partial charge in [-0.1, -0.05) is 12.1 Å². The van der Waals surface area contributed by atoms with Gasteiger partial charge in [-0.3, -0.25) is 19.3 Å². The molecule has 1 aromatic carbocycles. The van der Waals surface area contributed by atoms with Crippen molar-refractivity contribution in [3.63, 3.8) is 0 Å². The number of hydrogen-bond acceptors (Lipinski definition) is 5. The summed E-state index contributed by atoms with van der Waals surface area (Å²) >= 11 is 0. The molecule has 1 N–H and O–H groups in total. The molecule has 10 heteroatoms. The lowest BCUT2D eigenvalue weighted by atomic mass is 9.98. The fourth-order valence-corrected chi connectivity index (χ4v) is 3.77. The number of aryl methyl sites for hydroxylation is 1. The van der Waals surface area contributed by atoms with Crippen LogP contribution in [0.5, 0.6) is 0 Å². The molecule has 0 saturated carbocycles. The van der Waals surface area contributed by atoms with Gasteiger partial charge in [0.2, 0.25) is 5.91 Å². The van der Waals surface area contributed by atoms with Crippen LogP contribution >= 0.6 is 0 Å². The maximum atomic E-state index is 13.6. The number of pyridine rings is 1. The maximum Gasteiger partial charge on any atom is 0.268 e. The maximum absolute atomic E-state index is 13.6. The van der Waals surface area contributed by atoms with Crippen molar-refractivity contribution in [2.24, 2.45) is 7.05 Å². The first-order chi connectivity index (χ1) is 14.8. The van der Waals surface area contributed by atoms with Crippen LogP contribution in [0.3, 0.4) is 0 Å². The molecule has 158 valence electrons. The number of hydrogen-bond donors (Lipinski definition) is 1. The third-order valence-corrected chi connectivity index (χ3v) is 5.29. The largest absolute Gasteiger partial charge is 0.343 e. The van der Waals surface area contributed by atoms with Gasteiger partial charge in [0, 0.05) is 36.8 Å². The highest BCUT2D eigenvalue weighted by atomic mass is 19.3. The molecular weight excluding hydrogens is 406 g/mol. The smallest absolute Gasteiger partial charge is 0.268 e. The summed E-state index contributed by atoms with van der Waals surface area (Å²) in [4.78, 5) is 30.1. The minimum absolute atomic E-state index is 0.280. The first kappa shape index (κ1) is 20.4. The summed E-state index contributed by atoms with van der Waals surface area (Å²) in [6, 6.07) is 7.61. The molecule has 0 bridgehead atoms. The van der Waals surface area contributed by atoms with E-state index in [0.717, 1.165) is 21.4 Å². The third-order valence-electron chi connectivity index (χ3n) is 5.29. The molecule has 1 aliphatic rings. The normalized spacial score (nSPS) is 17.5. The van der Waals surface area contributed by atoms with E-state index in [9.17, 15) is 18.4 Å². The zero-order chi connectivity index (χ0) is 22.2. The second-order valence-corrected chi connectivity index (χ2v) is 7.34. The molecule has 3 heterocycles. The van der Waals surface area contributed by atoms with Gasteiger partial charge in [0.15, 0.2) is 0 Å². The van der Waals surface area contributed by atoms with Crippen LogP contribution in [0.2, 0.25) is 0 Å². The number of nitrogens with zero attached hydrogens (tertiary/aromatic N) is 5. The van der Waals surface area contributed by atoms with Crippen LogP contribution in [-0.4, -0.2) is 56.5 Å². The van der Waals surface area contributed by atoms with Crippen molar-refractivity contribution in [2.75, 3.05) is 13.1 Å². The van der Waals surface area contributed by atoms with Gasteiger partial charge in [0.05, 0.1) is 36.4 Å². The van der Waals surface area contributed by atoms with E-state index in [-0.39, 0.29) is 5.56 Å². The van der Waals surface area contributed by atoms with Crippen molar-refractivity contribution in [1.29, 1.82) is 5.26 Å². The fraction of sp³-hybridized carbons (Fsp3) is 0.286. The van der Waals surface area contributed by atoms with Crippen molar-refractivity contribution in [3.8, 4) is 17.2 Å². The van der Waals surface area contributed by atoms with Crippen LogP contribution in [0.4, 0.5) is 8.78 Å². The lowest BCUT2D eigenvalue weighted by Gasteiger charge is -2.19. The van der Waals surface area contributed by atoms with E-state index in [4.69, 9.17) is 5.26 Å². The average Bonchev–Trinajstić information content (AvgIpc) is 3.30. The Bertz CT molecular complexity index is 1220. The van der Waals surface area contributed by atoms with E-state index in [0.29, 0.717) is 5.56 Å². The number of carbonyl (C=O) groups excluding carboxylic acids is 2. The first-order valence-corrected chi connectivity index (χ1v) is 9.51. The van der Waals surface area contributed by atoms with E-state index in [1.165, 1.54) is 12.3 Å².